The van der Waals surface area contributed by atoms with E-state index in [-0.39, 0.29) is 23.4 Å². The Kier molecular flexibility index (Phi) is 7.75. The highest BCUT2D eigenvalue weighted by molar-refractivity contribution is 7.89. The Morgan fingerprint density at radius 2 is 1.69 bits per heavy atom. The summed E-state index contributed by atoms with van der Waals surface area (Å²) in [5.41, 5.74) is 1.74. The van der Waals surface area contributed by atoms with Crippen LogP contribution in [0.3, 0.4) is 0 Å². The summed E-state index contributed by atoms with van der Waals surface area (Å²) in [6.07, 6.45) is 2.17. The molecule has 1 aromatic heterocycles. The number of carbonyl (C=O) groups is 1. The molecule has 0 spiro atoms. The second-order valence-corrected chi connectivity index (χ2v) is 8.74. The maximum Gasteiger partial charge on any atom is 0.251 e. The van der Waals surface area contributed by atoms with Crippen LogP contribution in [0, 0.1) is 0 Å². The van der Waals surface area contributed by atoms with Crippen molar-refractivity contribution in [2.24, 2.45) is 0 Å². The van der Waals surface area contributed by atoms with Crippen molar-refractivity contribution < 1.29 is 13.2 Å². The molecule has 2 aromatic rings. The molecule has 0 saturated heterocycles. The van der Waals surface area contributed by atoms with Gasteiger partial charge in [-0.15, -0.1) is 0 Å². The molecule has 0 unspecified atom stereocenters. The summed E-state index contributed by atoms with van der Waals surface area (Å²) in [4.78, 5) is 24.6. The Labute approximate surface area is 172 Å². The summed E-state index contributed by atoms with van der Waals surface area (Å²) < 4.78 is 27.8. The van der Waals surface area contributed by atoms with Crippen LogP contribution in [0.1, 0.15) is 44.9 Å². The third-order valence-corrected chi connectivity index (χ3v) is 6.91. The van der Waals surface area contributed by atoms with Crippen molar-refractivity contribution in [1.82, 2.24) is 14.2 Å². The van der Waals surface area contributed by atoms with Gasteiger partial charge in [0, 0.05) is 25.4 Å². The molecule has 0 aliphatic heterocycles. The summed E-state index contributed by atoms with van der Waals surface area (Å²) in [7, 11) is -3.71. The quantitative estimate of drug-likeness (QED) is 0.676. The van der Waals surface area contributed by atoms with Crippen LogP contribution in [0.15, 0.2) is 52.3 Å². The summed E-state index contributed by atoms with van der Waals surface area (Å²) in [6.45, 7) is 7.84. The number of aromatic nitrogens is 1. The fraction of sp³-hybridized carbons (Fsp3) is 0.429. The van der Waals surface area contributed by atoms with Gasteiger partial charge in [-0.25, -0.2) is 8.42 Å². The zero-order valence-electron chi connectivity index (χ0n) is 17.4. The first kappa shape index (κ1) is 22.8. The van der Waals surface area contributed by atoms with Gasteiger partial charge >= 0.3 is 0 Å². The third kappa shape index (κ3) is 5.55. The molecule has 8 heteroatoms. The summed E-state index contributed by atoms with van der Waals surface area (Å²) in [6, 6.07) is 10.2. The minimum atomic E-state index is -3.71. The number of nitrogens with zero attached hydrogens (tertiary/aromatic N) is 2. The van der Waals surface area contributed by atoms with Crippen molar-refractivity contribution in [3.63, 3.8) is 0 Å². The van der Waals surface area contributed by atoms with E-state index < -0.39 is 15.6 Å². The van der Waals surface area contributed by atoms with Crippen LogP contribution in [0.25, 0.3) is 0 Å². The van der Waals surface area contributed by atoms with E-state index in [2.05, 4.69) is 12.2 Å². The molecule has 1 amide bonds. The lowest BCUT2D eigenvalue weighted by atomic mass is 10.1. The second-order valence-electron chi connectivity index (χ2n) is 6.80. The minimum absolute atomic E-state index is 0.00296. The molecule has 2 rings (SSSR count). The Hall–Kier alpha value is -2.45. The van der Waals surface area contributed by atoms with Gasteiger partial charge in [0.1, 0.15) is 6.54 Å². The molecule has 158 valence electrons. The molecule has 7 nitrogen and oxygen atoms in total. The van der Waals surface area contributed by atoms with E-state index in [9.17, 15) is 18.0 Å². The van der Waals surface area contributed by atoms with E-state index in [0.717, 1.165) is 16.6 Å². The van der Waals surface area contributed by atoms with Crippen molar-refractivity contribution in [3.05, 3.63) is 64.1 Å². The van der Waals surface area contributed by atoms with Gasteiger partial charge in [0.15, 0.2) is 0 Å². The number of sulfonamides is 1. The number of aryl methyl sites for hydroxylation is 1. The van der Waals surface area contributed by atoms with E-state index in [4.69, 9.17) is 0 Å². The van der Waals surface area contributed by atoms with Crippen LogP contribution in [-0.4, -0.2) is 36.3 Å². The summed E-state index contributed by atoms with van der Waals surface area (Å²) in [5, 5.41) is 2.85. The normalized spacial score (nSPS) is 12.7. The number of amides is 1. The molecule has 0 aliphatic carbocycles. The van der Waals surface area contributed by atoms with Gasteiger partial charge in [0.25, 0.3) is 5.56 Å². The van der Waals surface area contributed by atoms with Crippen molar-refractivity contribution in [2.75, 3.05) is 13.1 Å². The van der Waals surface area contributed by atoms with E-state index in [0.29, 0.717) is 13.1 Å². The van der Waals surface area contributed by atoms with E-state index in [1.54, 1.807) is 13.8 Å². The van der Waals surface area contributed by atoms with Crippen molar-refractivity contribution in [1.29, 1.82) is 0 Å². The number of hydrogen-bond acceptors (Lipinski definition) is 4. The standard InChI is InChI=1S/C21H29N3O4S/c1-5-17-8-10-18(11-9-17)16(4)22-20(25)15-23-14-19(12-13-21(23)26)29(27,28)24(6-2)7-3/h8-14,16H,5-7,15H2,1-4H3,(H,22,25)/t16-/m0/s1. The third-order valence-electron chi connectivity index (χ3n) is 4.88. The molecule has 29 heavy (non-hydrogen) atoms. The fourth-order valence-electron chi connectivity index (χ4n) is 3.07. The highest BCUT2D eigenvalue weighted by atomic mass is 32.2. The van der Waals surface area contributed by atoms with Gasteiger partial charge in [-0.1, -0.05) is 45.0 Å². The highest BCUT2D eigenvalue weighted by Gasteiger charge is 2.22. The van der Waals surface area contributed by atoms with Crippen molar-refractivity contribution in [3.8, 4) is 0 Å². The maximum atomic E-state index is 12.7. The zero-order valence-corrected chi connectivity index (χ0v) is 18.2. The van der Waals surface area contributed by atoms with Crippen LogP contribution in [0.2, 0.25) is 0 Å². The maximum absolute atomic E-state index is 12.7. The average Bonchev–Trinajstić information content (AvgIpc) is 2.70. The van der Waals surface area contributed by atoms with Gasteiger partial charge in [0.05, 0.1) is 10.9 Å². The van der Waals surface area contributed by atoms with Crippen LogP contribution >= 0.6 is 0 Å². The van der Waals surface area contributed by atoms with Crippen LogP contribution in [0.4, 0.5) is 0 Å². The molecule has 1 heterocycles. The summed E-state index contributed by atoms with van der Waals surface area (Å²) >= 11 is 0. The Bertz CT molecular complexity index is 993. The number of benzene rings is 1. The molecular formula is C21H29N3O4S. The van der Waals surface area contributed by atoms with E-state index in [1.165, 1.54) is 28.2 Å². The van der Waals surface area contributed by atoms with Gasteiger partial charge in [0.2, 0.25) is 15.9 Å². The molecule has 0 fully saturated rings. The second kappa shape index (κ2) is 9.84. The van der Waals surface area contributed by atoms with Gasteiger partial charge in [-0.3, -0.25) is 9.59 Å². The van der Waals surface area contributed by atoms with E-state index in [1.807, 2.05) is 31.2 Å². The molecule has 1 atom stereocenters. The lowest BCUT2D eigenvalue weighted by Gasteiger charge is -2.19. The van der Waals surface area contributed by atoms with Gasteiger partial charge in [-0.05, 0) is 30.5 Å². The Balaban J connectivity index is 2.16. The molecule has 0 aliphatic rings. The predicted octanol–water partition coefficient (Wildman–Crippen LogP) is 2.32. The lowest BCUT2D eigenvalue weighted by Crippen LogP contribution is -2.35. The Morgan fingerprint density at radius 1 is 1.07 bits per heavy atom. The topological polar surface area (TPSA) is 88.5 Å². The molecular weight excluding hydrogens is 390 g/mol. The lowest BCUT2D eigenvalue weighted by molar-refractivity contribution is -0.122. The first-order valence-corrected chi connectivity index (χ1v) is 11.3. The van der Waals surface area contributed by atoms with Crippen molar-refractivity contribution >= 4 is 15.9 Å². The number of carbonyl (C=O) groups excluding carboxylic acids is 1. The van der Waals surface area contributed by atoms with Crippen LogP contribution < -0.4 is 10.9 Å². The summed E-state index contributed by atoms with van der Waals surface area (Å²) in [5.74, 6) is -0.364. The fourth-order valence-corrected chi connectivity index (χ4v) is 4.54. The average molecular weight is 420 g/mol. The highest BCUT2D eigenvalue weighted by Crippen LogP contribution is 2.15. The van der Waals surface area contributed by atoms with Gasteiger partial charge in [-0.2, -0.15) is 4.31 Å². The number of rotatable bonds is 9. The monoisotopic (exact) mass is 419 g/mol. The largest absolute Gasteiger partial charge is 0.348 e. The zero-order chi connectivity index (χ0) is 21.6. The van der Waals surface area contributed by atoms with Crippen LogP contribution in [-0.2, 0) is 27.8 Å². The predicted molar refractivity (Wildman–Crippen MR) is 113 cm³/mol. The smallest absolute Gasteiger partial charge is 0.251 e. The minimum Gasteiger partial charge on any atom is -0.348 e. The molecule has 0 saturated carbocycles. The van der Waals surface area contributed by atoms with Gasteiger partial charge < -0.3 is 9.88 Å². The first-order valence-electron chi connectivity index (χ1n) is 9.81. The SMILES string of the molecule is CCc1ccc([C@H](C)NC(=O)Cn2cc(S(=O)(=O)N(CC)CC)ccc2=O)cc1. The molecule has 0 radical (unpaired) electrons. The first-order chi connectivity index (χ1) is 13.7. The molecule has 1 aromatic carbocycles. The van der Waals surface area contributed by atoms with Crippen molar-refractivity contribution in [2.45, 2.75) is 51.6 Å². The molecule has 0 bridgehead atoms. The molecule has 1 N–H and O–H groups in total. The number of nitrogens with one attached hydrogen (secondary N) is 1. The number of hydrogen-bond donors (Lipinski definition) is 1. The van der Waals surface area contributed by atoms with Crippen LogP contribution in [0.5, 0.6) is 0 Å². The number of pyridine rings is 1. The Morgan fingerprint density at radius 3 is 2.24 bits per heavy atom. The van der Waals surface area contributed by atoms with E-state index >= 15 is 0 Å².